The van der Waals surface area contributed by atoms with Crippen LogP contribution in [0.1, 0.15) is 130 Å². The molecule has 0 N–H and O–H groups in total. The van der Waals surface area contributed by atoms with E-state index in [9.17, 15) is 0 Å². The molecule has 0 amide bonds. The van der Waals surface area contributed by atoms with Crippen LogP contribution in [0.2, 0.25) is 0 Å². The van der Waals surface area contributed by atoms with E-state index in [1.54, 1.807) is 0 Å². The summed E-state index contributed by atoms with van der Waals surface area (Å²) in [4.78, 5) is 0. The number of hydrogen-bond donors (Lipinski definition) is 0. The van der Waals surface area contributed by atoms with Crippen LogP contribution >= 0.6 is 11.8 Å². The topological polar surface area (TPSA) is 9.23 Å². The summed E-state index contributed by atoms with van der Waals surface area (Å²) in [5.74, 6) is 2.66. The van der Waals surface area contributed by atoms with Gasteiger partial charge in [0.2, 0.25) is 0 Å². The highest BCUT2D eigenvalue weighted by atomic mass is 32.2. The van der Waals surface area contributed by atoms with Crippen molar-refractivity contribution in [2.45, 2.75) is 130 Å². The van der Waals surface area contributed by atoms with Crippen molar-refractivity contribution >= 4 is 11.8 Å². The minimum absolute atomic E-state index is 0.539. The molecule has 0 unspecified atom stereocenters. The molecule has 0 aromatic carbocycles. The van der Waals surface area contributed by atoms with Crippen LogP contribution in [0.3, 0.4) is 0 Å². The zero-order valence-corrected chi connectivity index (χ0v) is 20.3. The van der Waals surface area contributed by atoms with Crippen molar-refractivity contribution in [3.63, 3.8) is 0 Å². The van der Waals surface area contributed by atoms with Crippen molar-refractivity contribution in [2.24, 2.45) is 5.41 Å². The summed E-state index contributed by atoms with van der Waals surface area (Å²) in [5, 5.41) is 0. The number of hydrogen-bond acceptors (Lipinski definition) is 2. The molecule has 0 saturated heterocycles. The first-order valence-corrected chi connectivity index (χ1v) is 13.5. The van der Waals surface area contributed by atoms with Gasteiger partial charge in [0.05, 0.1) is 0 Å². The first-order chi connectivity index (χ1) is 13.2. The monoisotopic (exact) mass is 400 g/mol. The maximum atomic E-state index is 5.83. The molecule has 0 bridgehead atoms. The number of rotatable bonds is 22. The molecule has 0 heterocycles. The Balaban J connectivity index is 3.11. The van der Waals surface area contributed by atoms with E-state index in [1.165, 1.54) is 114 Å². The lowest BCUT2D eigenvalue weighted by molar-refractivity contribution is 0.113. The fraction of sp³-hybridized carbons (Fsp3) is 1.00. The van der Waals surface area contributed by atoms with Gasteiger partial charge in [0.1, 0.15) is 0 Å². The smallest absolute Gasteiger partial charge is 0.0466 e. The van der Waals surface area contributed by atoms with E-state index in [1.807, 2.05) is 0 Å². The predicted octanol–water partition coefficient (Wildman–Crippen LogP) is 9.04. The van der Waals surface area contributed by atoms with Gasteiger partial charge in [-0.2, -0.15) is 11.8 Å². The van der Waals surface area contributed by atoms with Crippen molar-refractivity contribution < 1.29 is 4.74 Å². The zero-order chi connectivity index (χ0) is 20.1. The third kappa shape index (κ3) is 19.4. The van der Waals surface area contributed by atoms with Gasteiger partial charge >= 0.3 is 0 Å². The number of thioether (sulfide) groups is 1. The van der Waals surface area contributed by atoms with Crippen molar-refractivity contribution in [3.05, 3.63) is 0 Å². The summed E-state index contributed by atoms with van der Waals surface area (Å²) in [6, 6.07) is 0. The lowest BCUT2D eigenvalue weighted by Gasteiger charge is -2.26. The van der Waals surface area contributed by atoms with E-state index in [4.69, 9.17) is 4.74 Å². The van der Waals surface area contributed by atoms with Crippen molar-refractivity contribution in [3.8, 4) is 0 Å². The Morgan fingerprint density at radius 1 is 0.593 bits per heavy atom. The Labute approximate surface area is 177 Å². The average molecular weight is 401 g/mol. The largest absolute Gasteiger partial charge is 0.381 e. The van der Waals surface area contributed by atoms with Gasteiger partial charge in [-0.05, 0) is 42.6 Å². The molecule has 0 aromatic rings. The molecule has 2 heteroatoms. The van der Waals surface area contributed by atoms with Gasteiger partial charge in [-0.15, -0.1) is 0 Å². The highest BCUT2D eigenvalue weighted by Crippen LogP contribution is 2.30. The maximum absolute atomic E-state index is 5.83. The molecule has 164 valence electrons. The Kier molecular flexibility index (Phi) is 21.3. The van der Waals surface area contributed by atoms with Gasteiger partial charge in [-0.25, -0.2) is 0 Å². The van der Waals surface area contributed by atoms with Gasteiger partial charge in [-0.1, -0.05) is 105 Å². The van der Waals surface area contributed by atoms with Crippen molar-refractivity contribution in [1.29, 1.82) is 0 Å². The molecule has 0 aliphatic heterocycles. The summed E-state index contributed by atoms with van der Waals surface area (Å²) in [6.07, 6.45) is 22.2. The minimum atomic E-state index is 0.539. The van der Waals surface area contributed by atoms with E-state index in [0.29, 0.717) is 5.41 Å². The summed E-state index contributed by atoms with van der Waals surface area (Å²) >= 11 is 2.09. The van der Waals surface area contributed by atoms with Crippen LogP contribution in [-0.2, 0) is 4.74 Å². The minimum Gasteiger partial charge on any atom is -0.381 e. The Morgan fingerprint density at radius 3 is 1.52 bits per heavy atom. The fourth-order valence-electron chi connectivity index (χ4n) is 3.63. The van der Waals surface area contributed by atoms with Gasteiger partial charge in [0, 0.05) is 13.2 Å². The Morgan fingerprint density at radius 2 is 1.04 bits per heavy atom. The first-order valence-electron chi connectivity index (χ1n) is 12.3. The normalized spacial score (nSPS) is 12.0. The third-order valence-corrected chi connectivity index (χ3v) is 7.29. The quantitative estimate of drug-likeness (QED) is 0.168. The van der Waals surface area contributed by atoms with E-state index in [0.717, 1.165) is 13.2 Å². The van der Waals surface area contributed by atoms with E-state index in [2.05, 4.69) is 39.5 Å². The molecular formula is C25H52OS. The van der Waals surface area contributed by atoms with E-state index < -0.39 is 0 Å². The molecule has 0 spiro atoms. The van der Waals surface area contributed by atoms with Crippen LogP contribution in [0.25, 0.3) is 0 Å². The second-order valence-corrected chi connectivity index (χ2v) is 10.1. The third-order valence-electron chi connectivity index (χ3n) is 6.31. The van der Waals surface area contributed by atoms with Crippen LogP contribution in [0.15, 0.2) is 0 Å². The molecule has 0 radical (unpaired) electrons. The molecule has 27 heavy (non-hydrogen) atoms. The molecule has 0 fully saturated rings. The lowest BCUT2D eigenvalue weighted by Crippen LogP contribution is -2.14. The van der Waals surface area contributed by atoms with Gasteiger partial charge in [0.25, 0.3) is 0 Å². The molecule has 0 aromatic heterocycles. The highest BCUT2D eigenvalue weighted by molar-refractivity contribution is 7.99. The van der Waals surface area contributed by atoms with Gasteiger partial charge in [0.15, 0.2) is 0 Å². The van der Waals surface area contributed by atoms with Gasteiger partial charge < -0.3 is 4.74 Å². The van der Waals surface area contributed by atoms with Crippen LogP contribution in [0.5, 0.6) is 0 Å². The van der Waals surface area contributed by atoms with Crippen LogP contribution in [0, 0.1) is 5.41 Å². The molecule has 1 nitrogen and oxygen atoms in total. The van der Waals surface area contributed by atoms with E-state index >= 15 is 0 Å². The Hall–Kier alpha value is 0.310. The summed E-state index contributed by atoms with van der Waals surface area (Å²) in [7, 11) is 0. The summed E-state index contributed by atoms with van der Waals surface area (Å²) < 4.78 is 5.83. The van der Waals surface area contributed by atoms with Crippen LogP contribution < -0.4 is 0 Å². The molecule has 0 aliphatic carbocycles. The predicted molar refractivity (Wildman–Crippen MR) is 127 cm³/mol. The number of ether oxygens (including phenoxy) is 1. The summed E-state index contributed by atoms with van der Waals surface area (Å²) in [6.45, 7) is 11.3. The fourth-order valence-corrected chi connectivity index (χ4v) is 4.32. The molecule has 0 saturated carbocycles. The second-order valence-electron chi connectivity index (χ2n) is 8.67. The van der Waals surface area contributed by atoms with Crippen molar-refractivity contribution in [2.75, 3.05) is 24.7 Å². The standard InChI is InChI=1S/C25H52OS/c1-5-25(4,6-2)21-20-23-26-22-18-16-14-12-10-8-9-11-13-15-17-19-24-27-7-3/h5-24H2,1-4H3. The first kappa shape index (κ1) is 27.3. The molecule has 0 atom stereocenters. The van der Waals surface area contributed by atoms with E-state index in [-0.39, 0.29) is 0 Å². The highest BCUT2D eigenvalue weighted by Gasteiger charge is 2.18. The summed E-state index contributed by atoms with van der Waals surface area (Å²) in [5.41, 5.74) is 0.539. The maximum Gasteiger partial charge on any atom is 0.0466 e. The van der Waals surface area contributed by atoms with Crippen molar-refractivity contribution in [1.82, 2.24) is 0 Å². The lowest BCUT2D eigenvalue weighted by atomic mass is 9.80. The SMILES string of the molecule is CCSCCCCCCCCCCCCCCOCCCC(C)(CC)CC. The van der Waals surface area contributed by atoms with Crippen LogP contribution in [-0.4, -0.2) is 24.7 Å². The van der Waals surface area contributed by atoms with Gasteiger partial charge in [-0.3, -0.25) is 0 Å². The molecule has 0 aliphatic rings. The zero-order valence-electron chi connectivity index (χ0n) is 19.5. The second kappa shape index (κ2) is 21.0. The average Bonchev–Trinajstić information content (AvgIpc) is 2.69. The molecular weight excluding hydrogens is 348 g/mol. The Bertz CT molecular complexity index is 275. The molecule has 0 rings (SSSR count). The van der Waals surface area contributed by atoms with Crippen LogP contribution in [0.4, 0.5) is 0 Å². The number of unbranched alkanes of at least 4 members (excludes halogenated alkanes) is 11.